The molecule has 0 atom stereocenters. The summed E-state index contributed by atoms with van der Waals surface area (Å²) in [6, 6.07) is 8.13. The Bertz CT molecular complexity index is 848. The highest BCUT2D eigenvalue weighted by Crippen LogP contribution is 2.29. The van der Waals surface area contributed by atoms with Crippen LogP contribution in [-0.4, -0.2) is 20.0 Å². The van der Waals surface area contributed by atoms with E-state index >= 15 is 0 Å². The van der Waals surface area contributed by atoms with E-state index in [1.807, 2.05) is 0 Å². The van der Waals surface area contributed by atoms with Crippen LogP contribution in [0.1, 0.15) is 28.4 Å². The minimum Gasteiger partial charge on any atom is -0.289 e. The molecule has 0 amide bonds. The number of carbonyl (C=O) groups is 1. The van der Waals surface area contributed by atoms with Crippen molar-refractivity contribution in [2.24, 2.45) is 0 Å². The van der Waals surface area contributed by atoms with Gasteiger partial charge in [0.1, 0.15) is 5.82 Å². The maximum absolute atomic E-state index is 12.9. The summed E-state index contributed by atoms with van der Waals surface area (Å²) in [5, 5.41) is 0.204. The summed E-state index contributed by atoms with van der Waals surface area (Å²) in [7, 11) is -3.23. The number of hydrogen-bond acceptors (Lipinski definition) is 3. The summed E-state index contributed by atoms with van der Waals surface area (Å²) in [4.78, 5) is 12.5. The Labute approximate surface area is 147 Å². The number of carbonyl (C=O) groups excluding carboxylic acids is 1. The molecule has 0 saturated heterocycles. The van der Waals surface area contributed by atoms with Gasteiger partial charge in [0.25, 0.3) is 0 Å². The monoisotopic (exact) mass is 418 g/mol. The molecule has 3 nitrogen and oxygen atoms in total. The number of hydrogen-bond donors (Lipinski definition) is 0. The van der Waals surface area contributed by atoms with Gasteiger partial charge in [-0.2, -0.15) is 0 Å². The van der Waals surface area contributed by atoms with Crippen molar-refractivity contribution >= 4 is 43.2 Å². The fourth-order valence-electron chi connectivity index (χ4n) is 1.97. The third-order valence-electron chi connectivity index (χ3n) is 3.30. The van der Waals surface area contributed by atoms with Gasteiger partial charge in [-0.25, -0.2) is 12.8 Å². The molecule has 0 aliphatic rings. The largest absolute Gasteiger partial charge is 0.289 e. The molecule has 122 valence electrons. The van der Waals surface area contributed by atoms with E-state index in [0.29, 0.717) is 21.2 Å². The number of rotatable bonds is 5. The van der Waals surface area contributed by atoms with Crippen LogP contribution in [0.3, 0.4) is 0 Å². The first kappa shape index (κ1) is 18.1. The lowest BCUT2D eigenvalue weighted by atomic mass is 10.0. The maximum Gasteiger partial charge on any atom is 0.194 e. The molecule has 0 radical (unpaired) electrons. The van der Waals surface area contributed by atoms with Crippen LogP contribution in [0.2, 0.25) is 5.02 Å². The normalized spacial score (nSPS) is 11.5. The molecule has 0 saturated carbocycles. The summed E-state index contributed by atoms with van der Waals surface area (Å²) < 4.78 is 36.8. The smallest absolute Gasteiger partial charge is 0.194 e. The molecule has 2 rings (SSSR count). The van der Waals surface area contributed by atoms with Gasteiger partial charge in [-0.05, 0) is 42.0 Å². The van der Waals surface area contributed by atoms with Gasteiger partial charge in [-0.15, -0.1) is 0 Å². The first-order chi connectivity index (χ1) is 10.7. The molecule has 0 aliphatic heterocycles. The third-order valence-corrected chi connectivity index (χ3v) is 5.94. The van der Waals surface area contributed by atoms with Gasteiger partial charge in [0.2, 0.25) is 0 Å². The Kier molecular flexibility index (Phi) is 5.60. The van der Waals surface area contributed by atoms with Gasteiger partial charge in [0, 0.05) is 26.4 Å². The van der Waals surface area contributed by atoms with E-state index in [9.17, 15) is 17.6 Å². The second-order valence-electron chi connectivity index (χ2n) is 4.94. The summed E-state index contributed by atoms with van der Waals surface area (Å²) in [5.41, 5.74) is 1.03. The summed E-state index contributed by atoms with van der Waals surface area (Å²) in [6.45, 7) is 1.56. The van der Waals surface area contributed by atoms with Gasteiger partial charge >= 0.3 is 0 Å². The molecule has 7 heteroatoms. The van der Waals surface area contributed by atoms with Crippen LogP contribution in [0.5, 0.6) is 0 Å². The van der Waals surface area contributed by atoms with Crippen LogP contribution in [0.25, 0.3) is 0 Å². The van der Waals surface area contributed by atoms with Gasteiger partial charge in [-0.1, -0.05) is 34.5 Å². The Morgan fingerprint density at radius 3 is 2.39 bits per heavy atom. The Balaban J connectivity index is 2.40. The molecule has 2 aromatic carbocycles. The highest BCUT2D eigenvalue weighted by molar-refractivity contribution is 9.10. The van der Waals surface area contributed by atoms with Crippen molar-refractivity contribution in [3.8, 4) is 0 Å². The molecular formula is C16H13BrClFO3S. The molecule has 0 aromatic heterocycles. The molecule has 0 heterocycles. The van der Waals surface area contributed by atoms with Gasteiger partial charge in [0.05, 0.1) is 5.75 Å². The van der Waals surface area contributed by atoms with Gasteiger partial charge < -0.3 is 0 Å². The second kappa shape index (κ2) is 7.11. The fourth-order valence-corrected chi connectivity index (χ4v) is 3.77. The minimum atomic E-state index is -3.23. The van der Waals surface area contributed by atoms with Crippen molar-refractivity contribution < 1.29 is 17.6 Å². The van der Waals surface area contributed by atoms with E-state index in [2.05, 4.69) is 15.9 Å². The number of halogens is 3. The van der Waals surface area contributed by atoms with E-state index in [1.165, 1.54) is 36.4 Å². The Hall–Kier alpha value is -1.24. The molecular weight excluding hydrogens is 407 g/mol. The van der Waals surface area contributed by atoms with Crippen molar-refractivity contribution in [3.63, 3.8) is 0 Å². The summed E-state index contributed by atoms with van der Waals surface area (Å²) >= 11 is 9.40. The van der Waals surface area contributed by atoms with Crippen molar-refractivity contribution in [2.75, 3.05) is 5.75 Å². The van der Waals surface area contributed by atoms with Crippen molar-refractivity contribution in [1.29, 1.82) is 0 Å². The molecule has 0 N–H and O–H groups in total. The Morgan fingerprint density at radius 2 is 1.83 bits per heavy atom. The maximum atomic E-state index is 12.9. The number of sulfone groups is 1. The zero-order chi connectivity index (χ0) is 17.2. The lowest BCUT2D eigenvalue weighted by molar-refractivity contribution is 0.103. The van der Waals surface area contributed by atoms with E-state index in [4.69, 9.17) is 11.6 Å². The van der Waals surface area contributed by atoms with Gasteiger partial charge in [-0.3, -0.25) is 4.79 Å². The summed E-state index contributed by atoms with van der Waals surface area (Å²) in [5.74, 6) is -0.939. The predicted octanol–water partition coefficient (Wildman–Crippen LogP) is 4.41. The number of ketones is 1. The highest BCUT2D eigenvalue weighted by Gasteiger charge is 2.18. The van der Waals surface area contributed by atoms with E-state index in [1.54, 1.807) is 6.92 Å². The first-order valence-corrected chi connectivity index (χ1v) is 9.71. The zero-order valence-electron chi connectivity index (χ0n) is 12.1. The lowest BCUT2D eigenvalue weighted by Gasteiger charge is -2.10. The van der Waals surface area contributed by atoms with Crippen molar-refractivity contribution in [2.45, 2.75) is 12.7 Å². The zero-order valence-corrected chi connectivity index (χ0v) is 15.3. The van der Waals surface area contributed by atoms with E-state index < -0.39 is 15.7 Å². The molecule has 23 heavy (non-hydrogen) atoms. The topological polar surface area (TPSA) is 51.2 Å². The molecule has 0 bridgehead atoms. The molecule has 0 spiro atoms. The average Bonchev–Trinajstić information content (AvgIpc) is 2.50. The SMILES string of the molecule is CCS(=O)(=O)Cc1cc(Br)c(C(=O)c2ccc(F)cc2)cc1Cl. The molecule has 0 unspecified atom stereocenters. The minimum absolute atomic E-state index is 0.0111. The standard InChI is InChI=1S/C16H13BrClFO3S/c1-2-23(21,22)9-11-7-14(17)13(8-15(11)18)16(20)10-3-5-12(19)6-4-10/h3-8H,2,9H2,1H3. The molecule has 0 fully saturated rings. The second-order valence-corrected chi connectivity index (χ2v) is 8.55. The summed E-state index contributed by atoms with van der Waals surface area (Å²) in [6.07, 6.45) is 0. The third kappa shape index (κ3) is 4.40. The van der Waals surface area contributed by atoms with Crippen LogP contribution < -0.4 is 0 Å². The highest BCUT2D eigenvalue weighted by atomic mass is 79.9. The fraction of sp³-hybridized carbons (Fsp3) is 0.188. The van der Waals surface area contributed by atoms with Crippen LogP contribution in [0.4, 0.5) is 4.39 Å². The lowest BCUT2D eigenvalue weighted by Crippen LogP contribution is -2.08. The molecule has 2 aromatic rings. The first-order valence-electron chi connectivity index (χ1n) is 6.72. The van der Waals surface area contributed by atoms with Crippen LogP contribution in [-0.2, 0) is 15.6 Å². The van der Waals surface area contributed by atoms with Crippen molar-refractivity contribution in [3.05, 3.63) is 68.4 Å². The van der Waals surface area contributed by atoms with Crippen LogP contribution >= 0.6 is 27.5 Å². The quantitative estimate of drug-likeness (QED) is 0.675. The molecule has 0 aliphatic carbocycles. The average molecular weight is 420 g/mol. The van der Waals surface area contributed by atoms with Crippen molar-refractivity contribution in [1.82, 2.24) is 0 Å². The van der Waals surface area contributed by atoms with E-state index in [-0.39, 0.29) is 22.3 Å². The van der Waals surface area contributed by atoms with E-state index in [0.717, 1.165) is 0 Å². The van der Waals surface area contributed by atoms with Gasteiger partial charge in [0.15, 0.2) is 15.6 Å². The van der Waals surface area contributed by atoms with Crippen LogP contribution in [0.15, 0.2) is 40.9 Å². The Morgan fingerprint density at radius 1 is 1.22 bits per heavy atom. The predicted molar refractivity (Wildman–Crippen MR) is 92.1 cm³/mol. The van der Waals surface area contributed by atoms with Crippen LogP contribution in [0, 0.1) is 5.82 Å². The number of benzene rings is 2.